The summed E-state index contributed by atoms with van der Waals surface area (Å²) in [5, 5.41) is 2.73. The molecule has 0 radical (unpaired) electrons. The summed E-state index contributed by atoms with van der Waals surface area (Å²) in [6, 6.07) is 12.4. The van der Waals surface area contributed by atoms with Crippen LogP contribution in [0.4, 0.5) is 11.4 Å². The summed E-state index contributed by atoms with van der Waals surface area (Å²) in [4.78, 5) is 26.9. The quantitative estimate of drug-likeness (QED) is 0.665. The Balaban J connectivity index is 1.70. The van der Waals surface area contributed by atoms with Crippen molar-refractivity contribution in [1.29, 1.82) is 0 Å². The number of methoxy groups -OCH3 is 1. The second-order valence-electron chi connectivity index (χ2n) is 6.54. The second-order valence-corrected chi connectivity index (χ2v) is 6.54. The lowest BCUT2D eigenvalue weighted by Gasteiger charge is -2.29. The highest BCUT2D eigenvalue weighted by molar-refractivity contribution is 6.02. The molecule has 8 heteroatoms. The number of nitrogens with zero attached hydrogens (tertiary/aromatic N) is 1. The molecule has 1 heterocycles. The van der Waals surface area contributed by atoms with Gasteiger partial charge in [0.15, 0.2) is 18.1 Å². The zero-order valence-corrected chi connectivity index (χ0v) is 17.2. The summed E-state index contributed by atoms with van der Waals surface area (Å²) in [7, 11) is 1.31. The Morgan fingerprint density at radius 3 is 2.43 bits per heavy atom. The van der Waals surface area contributed by atoms with Crippen molar-refractivity contribution < 1.29 is 28.5 Å². The summed E-state index contributed by atoms with van der Waals surface area (Å²) in [5.74, 6) is 0.122. The molecule has 0 aromatic heterocycles. The average Bonchev–Trinajstić information content (AvgIpc) is 2.79. The van der Waals surface area contributed by atoms with Gasteiger partial charge in [-0.3, -0.25) is 4.79 Å². The van der Waals surface area contributed by atoms with Crippen molar-refractivity contribution in [2.24, 2.45) is 0 Å². The molecule has 1 aliphatic rings. The summed E-state index contributed by atoms with van der Waals surface area (Å²) in [5.41, 5.74) is 1.52. The van der Waals surface area contributed by atoms with Crippen molar-refractivity contribution in [3.8, 4) is 11.5 Å². The molecule has 30 heavy (non-hydrogen) atoms. The first-order valence-corrected chi connectivity index (χ1v) is 9.82. The molecule has 160 valence electrons. The van der Waals surface area contributed by atoms with Crippen LogP contribution in [0.3, 0.4) is 0 Å². The number of nitrogens with one attached hydrogen (secondary N) is 1. The van der Waals surface area contributed by atoms with Gasteiger partial charge in [-0.15, -0.1) is 0 Å². The van der Waals surface area contributed by atoms with E-state index in [0.717, 1.165) is 18.8 Å². The van der Waals surface area contributed by atoms with Crippen LogP contribution in [-0.4, -0.2) is 58.5 Å². The van der Waals surface area contributed by atoms with Crippen molar-refractivity contribution >= 4 is 23.3 Å². The topological polar surface area (TPSA) is 86.3 Å². The first-order chi connectivity index (χ1) is 14.6. The van der Waals surface area contributed by atoms with Gasteiger partial charge in [0.05, 0.1) is 38.2 Å². The Morgan fingerprint density at radius 2 is 1.77 bits per heavy atom. The van der Waals surface area contributed by atoms with Gasteiger partial charge < -0.3 is 29.2 Å². The van der Waals surface area contributed by atoms with Crippen LogP contribution in [0.5, 0.6) is 11.5 Å². The van der Waals surface area contributed by atoms with Gasteiger partial charge in [0.1, 0.15) is 0 Å². The maximum Gasteiger partial charge on any atom is 0.340 e. The van der Waals surface area contributed by atoms with Crippen molar-refractivity contribution in [2.45, 2.75) is 6.92 Å². The molecular weight excluding hydrogens is 388 g/mol. The highest BCUT2D eigenvalue weighted by Crippen LogP contribution is 2.27. The molecular formula is C22H26N2O6. The van der Waals surface area contributed by atoms with Crippen LogP contribution >= 0.6 is 0 Å². The molecule has 3 rings (SSSR count). The number of esters is 1. The number of morpholine rings is 1. The van der Waals surface area contributed by atoms with Crippen LogP contribution in [0.1, 0.15) is 17.3 Å². The molecule has 1 aliphatic heterocycles. The highest BCUT2D eigenvalue weighted by Gasteiger charge is 2.19. The maximum atomic E-state index is 12.4. The fourth-order valence-electron chi connectivity index (χ4n) is 3.11. The minimum atomic E-state index is -0.525. The van der Waals surface area contributed by atoms with Crippen LogP contribution < -0.4 is 19.7 Å². The Kier molecular flexibility index (Phi) is 7.51. The van der Waals surface area contributed by atoms with Crippen molar-refractivity contribution in [2.75, 3.05) is 56.8 Å². The number of carbonyl (C=O) groups excluding carboxylic acids is 2. The van der Waals surface area contributed by atoms with E-state index >= 15 is 0 Å². The minimum absolute atomic E-state index is 0.226. The van der Waals surface area contributed by atoms with Gasteiger partial charge in [-0.05, 0) is 37.3 Å². The number of ether oxygens (including phenoxy) is 4. The van der Waals surface area contributed by atoms with Gasteiger partial charge in [0.2, 0.25) is 0 Å². The normalized spacial score (nSPS) is 13.5. The van der Waals surface area contributed by atoms with Gasteiger partial charge in [0.25, 0.3) is 5.91 Å². The largest absolute Gasteiger partial charge is 0.490 e. The molecule has 1 fully saturated rings. The van der Waals surface area contributed by atoms with E-state index in [4.69, 9.17) is 18.9 Å². The molecule has 1 N–H and O–H groups in total. The van der Waals surface area contributed by atoms with Crippen LogP contribution in [0.15, 0.2) is 42.5 Å². The fourth-order valence-corrected chi connectivity index (χ4v) is 3.11. The third-order valence-corrected chi connectivity index (χ3v) is 4.57. The molecule has 0 saturated carbocycles. The first kappa shape index (κ1) is 21.4. The zero-order valence-electron chi connectivity index (χ0n) is 17.2. The molecule has 2 aromatic rings. The Bertz CT molecular complexity index is 880. The summed E-state index contributed by atoms with van der Waals surface area (Å²) in [6.45, 7) is 4.87. The van der Waals surface area contributed by atoms with Crippen LogP contribution in [-0.2, 0) is 14.3 Å². The highest BCUT2D eigenvalue weighted by atomic mass is 16.5. The van der Waals surface area contributed by atoms with E-state index in [1.165, 1.54) is 7.11 Å². The Hall–Kier alpha value is -3.26. The molecule has 0 spiro atoms. The monoisotopic (exact) mass is 414 g/mol. The van der Waals surface area contributed by atoms with Gasteiger partial charge in [0, 0.05) is 18.8 Å². The van der Waals surface area contributed by atoms with E-state index in [2.05, 4.69) is 10.2 Å². The van der Waals surface area contributed by atoms with E-state index in [-0.39, 0.29) is 12.2 Å². The molecule has 0 bridgehead atoms. The van der Waals surface area contributed by atoms with Gasteiger partial charge in [-0.2, -0.15) is 0 Å². The third-order valence-electron chi connectivity index (χ3n) is 4.57. The number of hydrogen-bond donors (Lipinski definition) is 1. The SMILES string of the molecule is CCOc1ccccc1OCC(=O)Nc1ccc(N2CCOCC2)cc1C(=O)OC. The second kappa shape index (κ2) is 10.5. The predicted molar refractivity (Wildman–Crippen MR) is 113 cm³/mol. The van der Waals surface area contributed by atoms with E-state index < -0.39 is 11.9 Å². The van der Waals surface area contributed by atoms with Crippen molar-refractivity contribution in [3.63, 3.8) is 0 Å². The number of hydrogen-bond acceptors (Lipinski definition) is 7. The van der Waals surface area contributed by atoms with Crippen molar-refractivity contribution in [3.05, 3.63) is 48.0 Å². The Morgan fingerprint density at radius 1 is 1.07 bits per heavy atom. The molecule has 1 amide bonds. The van der Waals surface area contributed by atoms with E-state index in [0.29, 0.717) is 37.0 Å². The molecule has 0 unspecified atom stereocenters. The average molecular weight is 414 g/mol. The van der Waals surface area contributed by atoms with Crippen LogP contribution in [0.2, 0.25) is 0 Å². The van der Waals surface area contributed by atoms with Crippen LogP contribution in [0.25, 0.3) is 0 Å². The molecule has 0 aliphatic carbocycles. The first-order valence-electron chi connectivity index (χ1n) is 9.82. The molecule has 2 aromatic carbocycles. The lowest BCUT2D eigenvalue weighted by molar-refractivity contribution is -0.118. The summed E-state index contributed by atoms with van der Waals surface area (Å²) < 4.78 is 21.3. The van der Waals surface area contributed by atoms with Crippen LogP contribution in [0, 0.1) is 0 Å². The van der Waals surface area contributed by atoms with E-state index in [1.54, 1.807) is 30.3 Å². The standard InChI is InChI=1S/C22H26N2O6/c1-3-29-19-6-4-5-7-20(19)30-15-21(25)23-18-9-8-16(14-17(18)22(26)27-2)24-10-12-28-13-11-24/h4-9,14H,3,10-13,15H2,1-2H3,(H,23,25). The molecule has 8 nitrogen and oxygen atoms in total. The smallest absolute Gasteiger partial charge is 0.340 e. The zero-order chi connectivity index (χ0) is 21.3. The van der Waals surface area contributed by atoms with Gasteiger partial charge in [-0.1, -0.05) is 12.1 Å². The number of benzene rings is 2. The van der Waals surface area contributed by atoms with Gasteiger partial charge in [-0.25, -0.2) is 4.79 Å². The maximum absolute atomic E-state index is 12.4. The predicted octanol–water partition coefficient (Wildman–Crippen LogP) is 2.73. The minimum Gasteiger partial charge on any atom is -0.490 e. The molecule has 0 atom stereocenters. The molecule has 1 saturated heterocycles. The third kappa shape index (κ3) is 5.42. The summed E-state index contributed by atoms with van der Waals surface area (Å²) >= 11 is 0. The van der Waals surface area contributed by atoms with E-state index in [9.17, 15) is 9.59 Å². The number of carbonyl (C=O) groups is 2. The Labute approximate surface area is 175 Å². The number of para-hydroxylation sites is 2. The summed E-state index contributed by atoms with van der Waals surface area (Å²) in [6.07, 6.45) is 0. The van der Waals surface area contributed by atoms with Gasteiger partial charge >= 0.3 is 5.97 Å². The lowest BCUT2D eigenvalue weighted by Crippen LogP contribution is -2.36. The number of anilines is 2. The number of rotatable bonds is 8. The lowest BCUT2D eigenvalue weighted by atomic mass is 10.1. The fraction of sp³-hybridized carbons (Fsp3) is 0.364. The number of amides is 1. The van der Waals surface area contributed by atoms with Crippen molar-refractivity contribution in [1.82, 2.24) is 0 Å². The van der Waals surface area contributed by atoms with E-state index in [1.807, 2.05) is 19.1 Å².